The molecule has 1 aromatic rings. The summed E-state index contributed by atoms with van der Waals surface area (Å²) in [4.78, 5) is 47.4. The maximum absolute atomic E-state index is 12.3. The van der Waals surface area contributed by atoms with E-state index in [1.54, 1.807) is 18.2 Å². The van der Waals surface area contributed by atoms with E-state index in [2.05, 4.69) is 5.32 Å². The topological polar surface area (TPSA) is 80.3 Å². The van der Waals surface area contributed by atoms with Crippen LogP contribution in [0.3, 0.4) is 0 Å². The Hall–Kier alpha value is -2.56. The number of nitrogens with one attached hydrogen (secondary N) is 1. The Kier molecular flexibility index (Phi) is 3.05. The highest BCUT2D eigenvalue weighted by Gasteiger charge is 2.35. The van der Waals surface area contributed by atoms with Crippen LogP contribution in [0.25, 0.3) is 0 Å². The third-order valence-electron chi connectivity index (χ3n) is 3.80. The van der Waals surface area contributed by atoms with E-state index in [0.717, 1.165) is 5.56 Å². The van der Waals surface area contributed by atoms with Gasteiger partial charge >= 0.3 is 0 Å². The number of imide groups is 1. The molecule has 0 bridgehead atoms. The smallest absolute Gasteiger partial charge is 0.233 e. The zero-order chi connectivity index (χ0) is 15.1. The second-order valence-corrected chi connectivity index (χ2v) is 5.35. The minimum atomic E-state index is -0.610. The van der Waals surface area contributed by atoms with Crippen molar-refractivity contribution in [1.82, 2.24) is 5.32 Å². The first-order valence-corrected chi connectivity index (χ1v) is 6.73. The number of carbonyl (C=O) groups excluding carboxylic acids is 4. The molecule has 1 aromatic carbocycles. The van der Waals surface area contributed by atoms with E-state index in [1.165, 1.54) is 6.08 Å². The third kappa shape index (κ3) is 2.20. The molecule has 1 fully saturated rings. The number of carbonyl (C=O) groups is 4. The molecule has 1 aliphatic carbocycles. The molecule has 0 saturated carbocycles. The first kappa shape index (κ1) is 13.4. The van der Waals surface area contributed by atoms with Gasteiger partial charge in [-0.1, -0.05) is 23.8 Å². The lowest BCUT2D eigenvalue weighted by Gasteiger charge is -2.17. The van der Waals surface area contributed by atoms with E-state index < -0.39 is 11.8 Å². The second kappa shape index (κ2) is 4.77. The van der Waals surface area contributed by atoms with Crippen molar-refractivity contribution < 1.29 is 19.2 Å². The van der Waals surface area contributed by atoms with Crippen LogP contribution in [-0.2, 0) is 9.59 Å². The molecule has 1 atom stereocenters. The van der Waals surface area contributed by atoms with Crippen LogP contribution >= 0.6 is 0 Å². The van der Waals surface area contributed by atoms with E-state index in [0.29, 0.717) is 17.5 Å². The standard InChI is InChI=1S/C16H13NO4/c1-8-2-4-10-11(6-8)15(20)12(14(10)19)7-9-3-5-13(18)17-16(9)21/h2,4,6-7,9H,3,5H2,1H3,(H,17,18,21)/b12-7-. The largest absolute Gasteiger partial charge is 0.296 e. The van der Waals surface area contributed by atoms with Crippen molar-refractivity contribution in [2.75, 3.05) is 0 Å². The highest BCUT2D eigenvalue weighted by atomic mass is 16.2. The zero-order valence-electron chi connectivity index (χ0n) is 11.4. The Morgan fingerprint density at radius 3 is 2.52 bits per heavy atom. The minimum absolute atomic E-state index is 0.0325. The predicted molar refractivity (Wildman–Crippen MR) is 73.8 cm³/mol. The number of fused-ring (bicyclic) bond motifs is 1. The summed E-state index contributed by atoms with van der Waals surface area (Å²) in [5, 5.41) is 2.22. The van der Waals surface area contributed by atoms with Gasteiger partial charge < -0.3 is 0 Å². The summed E-state index contributed by atoms with van der Waals surface area (Å²) in [6, 6.07) is 5.09. The molecule has 1 N–H and O–H groups in total. The number of hydrogen-bond acceptors (Lipinski definition) is 4. The lowest BCUT2D eigenvalue weighted by atomic mass is 9.94. The maximum atomic E-state index is 12.3. The van der Waals surface area contributed by atoms with Crippen LogP contribution in [-0.4, -0.2) is 23.4 Å². The number of allylic oxidation sites excluding steroid dienone is 1. The number of ketones is 2. The Bertz CT molecular complexity index is 730. The van der Waals surface area contributed by atoms with Crippen molar-refractivity contribution in [2.45, 2.75) is 19.8 Å². The fourth-order valence-electron chi connectivity index (χ4n) is 2.66. The summed E-state index contributed by atoms with van der Waals surface area (Å²) in [7, 11) is 0. The van der Waals surface area contributed by atoms with Crippen molar-refractivity contribution in [2.24, 2.45) is 5.92 Å². The van der Waals surface area contributed by atoms with Crippen LogP contribution in [0.1, 0.15) is 39.1 Å². The van der Waals surface area contributed by atoms with Gasteiger partial charge in [0.2, 0.25) is 11.8 Å². The van der Waals surface area contributed by atoms with Crippen LogP contribution in [0.2, 0.25) is 0 Å². The van der Waals surface area contributed by atoms with Gasteiger partial charge in [-0.2, -0.15) is 0 Å². The highest BCUT2D eigenvalue weighted by Crippen LogP contribution is 2.29. The molecular weight excluding hydrogens is 270 g/mol. The second-order valence-electron chi connectivity index (χ2n) is 5.35. The predicted octanol–water partition coefficient (Wildman–Crippen LogP) is 1.35. The summed E-state index contributed by atoms with van der Waals surface area (Å²) in [5.41, 5.74) is 1.70. The van der Waals surface area contributed by atoms with Gasteiger partial charge in [-0.3, -0.25) is 24.5 Å². The lowest BCUT2D eigenvalue weighted by molar-refractivity contribution is -0.135. The first-order valence-electron chi connectivity index (χ1n) is 6.73. The monoisotopic (exact) mass is 283 g/mol. The molecule has 1 unspecified atom stereocenters. The van der Waals surface area contributed by atoms with Crippen LogP contribution in [0.4, 0.5) is 0 Å². The number of piperidine rings is 1. The van der Waals surface area contributed by atoms with Gasteiger partial charge in [0.25, 0.3) is 0 Å². The van der Waals surface area contributed by atoms with E-state index in [9.17, 15) is 19.2 Å². The number of benzene rings is 1. The van der Waals surface area contributed by atoms with Gasteiger partial charge in [-0.05, 0) is 19.4 Å². The summed E-state index contributed by atoms with van der Waals surface area (Å²) in [6.07, 6.45) is 1.94. The maximum Gasteiger partial charge on any atom is 0.233 e. The van der Waals surface area contributed by atoms with Crippen LogP contribution in [0.5, 0.6) is 0 Å². The average Bonchev–Trinajstić information content (AvgIpc) is 2.66. The van der Waals surface area contributed by atoms with Gasteiger partial charge in [0.15, 0.2) is 11.6 Å². The third-order valence-corrected chi connectivity index (χ3v) is 3.80. The summed E-state index contributed by atoms with van der Waals surface area (Å²) < 4.78 is 0. The van der Waals surface area contributed by atoms with E-state index in [-0.39, 0.29) is 29.5 Å². The molecule has 2 amide bonds. The summed E-state index contributed by atoms with van der Waals surface area (Å²) >= 11 is 0. The fourth-order valence-corrected chi connectivity index (χ4v) is 2.66. The number of aryl methyl sites for hydroxylation is 1. The highest BCUT2D eigenvalue weighted by molar-refractivity contribution is 6.39. The molecular formula is C16H13NO4. The molecule has 1 saturated heterocycles. The van der Waals surface area contributed by atoms with Gasteiger partial charge in [0.05, 0.1) is 11.5 Å². The first-order chi connectivity index (χ1) is 9.97. The Morgan fingerprint density at radius 2 is 1.81 bits per heavy atom. The molecule has 5 nitrogen and oxygen atoms in total. The summed E-state index contributed by atoms with van der Waals surface area (Å²) in [6.45, 7) is 1.85. The molecule has 0 spiro atoms. The average molecular weight is 283 g/mol. The number of rotatable bonds is 1. The summed E-state index contributed by atoms with van der Waals surface area (Å²) in [5.74, 6) is -2.08. The van der Waals surface area contributed by atoms with Crippen LogP contribution in [0.15, 0.2) is 29.8 Å². The van der Waals surface area contributed by atoms with Crippen molar-refractivity contribution in [3.63, 3.8) is 0 Å². The molecule has 1 heterocycles. The minimum Gasteiger partial charge on any atom is -0.296 e. The SMILES string of the molecule is Cc1ccc2c(c1)C(=O)/C(=C\C1CCC(=O)NC1=O)C2=O. The van der Waals surface area contributed by atoms with Gasteiger partial charge in [0, 0.05) is 17.5 Å². The van der Waals surface area contributed by atoms with Crippen molar-refractivity contribution in [1.29, 1.82) is 0 Å². The molecule has 21 heavy (non-hydrogen) atoms. The normalized spacial score (nSPS) is 23.5. The fraction of sp³-hybridized carbons (Fsp3) is 0.250. The van der Waals surface area contributed by atoms with Crippen LogP contribution < -0.4 is 5.32 Å². The Balaban J connectivity index is 1.96. The number of hydrogen-bond donors (Lipinski definition) is 1. The van der Waals surface area contributed by atoms with Crippen molar-refractivity contribution in [3.05, 3.63) is 46.5 Å². The molecule has 1 aliphatic heterocycles. The van der Waals surface area contributed by atoms with E-state index in [4.69, 9.17) is 0 Å². The molecule has 0 aromatic heterocycles. The van der Waals surface area contributed by atoms with Crippen molar-refractivity contribution >= 4 is 23.4 Å². The zero-order valence-corrected chi connectivity index (χ0v) is 11.4. The Morgan fingerprint density at radius 1 is 1.10 bits per heavy atom. The molecule has 5 heteroatoms. The molecule has 106 valence electrons. The quantitative estimate of drug-likeness (QED) is 0.479. The van der Waals surface area contributed by atoms with Gasteiger partial charge in [-0.15, -0.1) is 0 Å². The Labute approximate surface area is 121 Å². The van der Waals surface area contributed by atoms with Crippen molar-refractivity contribution in [3.8, 4) is 0 Å². The molecule has 0 radical (unpaired) electrons. The molecule has 3 rings (SSSR count). The van der Waals surface area contributed by atoms with E-state index in [1.807, 2.05) is 6.92 Å². The molecule has 2 aliphatic rings. The lowest BCUT2D eigenvalue weighted by Crippen LogP contribution is -2.40. The van der Waals surface area contributed by atoms with E-state index >= 15 is 0 Å². The number of Topliss-reactive ketones (excluding diaryl/α,β-unsaturated/α-hetero) is 2. The van der Waals surface area contributed by atoms with Gasteiger partial charge in [-0.25, -0.2) is 0 Å². The van der Waals surface area contributed by atoms with Crippen LogP contribution in [0, 0.1) is 12.8 Å². The van der Waals surface area contributed by atoms with Gasteiger partial charge in [0.1, 0.15) is 0 Å². The number of amides is 2.